The Morgan fingerprint density at radius 2 is 0.700 bits per heavy atom. The molecule has 1 heterocycles. The molecule has 1 saturated heterocycles. The fourth-order valence-corrected chi connectivity index (χ4v) is 0.440. The molecule has 0 unspecified atom stereocenters. The van der Waals surface area contributed by atoms with Crippen LogP contribution in [0.1, 0.15) is 0 Å². The van der Waals surface area contributed by atoms with Gasteiger partial charge in [-0.3, -0.25) is 18.8 Å². The van der Waals surface area contributed by atoms with Crippen molar-refractivity contribution in [1.82, 2.24) is 0 Å². The van der Waals surface area contributed by atoms with Crippen molar-refractivity contribution >= 4 is 0 Å². The minimum atomic E-state index is 0. The van der Waals surface area contributed by atoms with E-state index in [-0.39, 0.29) is 18.8 Å². The third kappa shape index (κ3) is 10.6. The molecule has 0 saturated carbocycles. The van der Waals surface area contributed by atoms with Gasteiger partial charge in [-0.25, -0.2) is 0 Å². The molecule has 1 aliphatic rings. The standard InChI is InChI=1S/C4H8O2.4FH/c1-2-6-4-3-5-1;;;;/h1-4H2;4*1H. The van der Waals surface area contributed by atoms with Crippen molar-refractivity contribution in [3.05, 3.63) is 0 Å². The summed E-state index contributed by atoms with van der Waals surface area (Å²) in [5.41, 5.74) is 0. The molecule has 0 spiro atoms. The molecule has 0 amide bonds. The first-order valence-corrected chi connectivity index (χ1v) is 2.15. The van der Waals surface area contributed by atoms with Crippen LogP contribution >= 0.6 is 0 Å². The first kappa shape index (κ1) is 22.6. The van der Waals surface area contributed by atoms with Gasteiger partial charge in [0.1, 0.15) is 0 Å². The quantitative estimate of drug-likeness (QED) is 0.494. The molecule has 0 bridgehead atoms. The van der Waals surface area contributed by atoms with Crippen LogP contribution in [0, 0.1) is 0 Å². The normalized spacial score (nSPS) is 14.4. The Hall–Kier alpha value is -0.360. The van der Waals surface area contributed by atoms with Crippen molar-refractivity contribution in [1.29, 1.82) is 0 Å². The van der Waals surface area contributed by atoms with Crippen LogP contribution in [-0.4, -0.2) is 26.4 Å². The van der Waals surface area contributed by atoms with Crippen LogP contribution in [0.15, 0.2) is 0 Å². The summed E-state index contributed by atoms with van der Waals surface area (Å²) in [6, 6.07) is 0. The van der Waals surface area contributed by atoms with E-state index in [9.17, 15) is 0 Å². The van der Waals surface area contributed by atoms with Crippen LogP contribution < -0.4 is 0 Å². The van der Waals surface area contributed by atoms with E-state index < -0.39 is 0 Å². The zero-order valence-electron chi connectivity index (χ0n) is 5.28. The van der Waals surface area contributed by atoms with Crippen LogP contribution in [0.2, 0.25) is 0 Å². The second kappa shape index (κ2) is 15.9. The van der Waals surface area contributed by atoms with E-state index in [1.165, 1.54) is 0 Å². The van der Waals surface area contributed by atoms with Crippen molar-refractivity contribution in [2.45, 2.75) is 0 Å². The first-order valence-electron chi connectivity index (χ1n) is 2.15. The molecule has 0 aromatic rings. The Morgan fingerprint density at radius 1 is 0.500 bits per heavy atom. The lowest BCUT2D eigenvalue weighted by atomic mass is 10.6. The molecule has 1 fully saturated rings. The molecular formula is C4H12F4O2. The van der Waals surface area contributed by atoms with Crippen molar-refractivity contribution in [3.63, 3.8) is 0 Å². The average Bonchev–Trinajstić information content (AvgIpc) is 1.72. The SMILES string of the molecule is C1COCCO1.F.F.F.F. The average molecular weight is 168 g/mol. The van der Waals surface area contributed by atoms with E-state index in [4.69, 9.17) is 9.47 Å². The van der Waals surface area contributed by atoms with Crippen LogP contribution in [-0.2, 0) is 9.47 Å². The third-order valence-electron chi connectivity index (χ3n) is 0.744. The van der Waals surface area contributed by atoms with Crippen molar-refractivity contribution < 1.29 is 28.3 Å². The van der Waals surface area contributed by atoms with Crippen molar-refractivity contribution in [3.8, 4) is 0 Å². The molecular weight excluding hydrogens is 156 g/mol. The molecule has 0 aromatic carbocycles. The molecule has 0 aromatic heterocycles. The summed E-state index contributed by atoms with van der Waals surface area (Å²) < 4.78 is 9.89. The van der Waals surface area contributed by atoms with Gasteiger partial charge >= 0.3 is 0 Å². The van der Waals surface area contributed by atoms with Gasteiger partial charge < -0.3 is 9.47 Å². The predicted molar refractivity (Wildman–Crippen MR) is 31.6 cm³/mol. The summed E-state index contributed by atoms with van der Waals surface area (Å²) in [7, 11) is 0. The van der Waals surface area contributed by atoms with Crippen LogP contribution in [0.25, 0.3) is 0 Å². The highest BCUT2D eigenvalue weighted by atomic mass is 19.0. The maximum absolute atomic E-state index is 4.94. The second-order valence-corrected chi connectivity index (χ2v) is 1.22. The zero-order valence-corrected chi connectivity index (χ0v) is 5.28. The Labute approximate surface area is 56.0 Å². The molecule has 68 valence electrons. The Morgan fingerprint density at radius 3 is 0.800 bits per heavy atom. The fraction of sp³-hybridized carbons (Fsp3) is 1.00. The van der Waals surface area contributed by atoms with Gasteiger partial charge in [0.25, 0.3) is 0 Å². The summed E-state index contributed by atoms with van der Waals surface area (Å²) in [6.45, 7) is 3.11. The maximum atomic E-state index is 4.94. The minimum Gasteiger partial charge on any atom is -0.377 e. The fourth-order valence-electron chi connectivity index (χ4n) is 0.440. The lowest BCUT2D eigenvalue weighted by Crippen LogP contribution is -2.16. The smallest absolute Gasteiger partial charge is 0.0701 e. The summed E-state index contributed by atoms with van der Waals surface area (Å²) in [5.74, 6) is 0. The predicted octanol–water partition coefficient (Wildman–Crippen LogP) is 0.643. The highest BCUT2D eigenvalue weighted by molar-refractivity contribution is 4.37. The number of ether oxygens (including phenoxy) is 2. The summed E-state index contributed by atoms with van der Waals surface area (Å²) in [5, 5.41) is 0. The van der Waals surface area contributed by atoms with E-state index in [2.05, 4.69) is 0 Å². The number of rotatable bonds is 0. The van der Waals surface area contributed by atoms with Crippen LogP contribution in [0.4, 0.5) is 18.8 Å². The van der Waals surface area contributed by atoms with Gasteiger partial charge in [-0.05, 0) is 0 Å². The second-order valence-electron chi connectivity index (χ2n) is 1.22. The molecule has 1 rings (SSSR count). The largest absolute Gasteiger partial charge is 0.377 e. The van der Waals surface area contributed by atoms with E-state index in [1.807, 2.05) is 0 Å². The van der Waals surface area contributed by atoms with Crippen LogP contribution in [0.3, 0.4) is 0 Å². The molecule has 0 radical (unpaired) electrons. The number of halogens is 4. The van der Waals surface area contributed by atoms with E-state index in [1.54, 1.807) is 0 Å². The van der Waals surface area contributed by atoms with E-state index >= 15 is 0 Å². The van der Waals surface area contributed by atoms with Crippen molar-refractivity contribution in [2.75, 3.05) is 26.4 Å². The third-order valence-corrected chi connectivity index (χ3v) is 0.744. The first-order chi connectivity index (χ1) is 3.00. The molecule has 1 aliphatic heterocycles. The van der Waals surface area contributed by atoms with Gasteiger partial charge in [-0.1, -0.05) is 0 Å². The molecule has 6 heteroatoms. The van der Waals surface area contributed by atoms with Gasteiger partial charge in [-0.2, -0.15) is 0 Å². The monoisotopic (exact) mass is 168 g/mol. The Balaban J connectivity index is -0.0000000450. The maximum Gasteiger partial charge on any atom is 0.0701 e. The highest BCUT2D eigenvalue weighted by Gasteiger charge is 1.94. The van der Waals surface area contributed by atoms with E-state index in [0.29, 0.717) is 0 Å². The van der Waals surface area contributed by atoms with Gasteiger partial charge in [0.15, 0.2) is 0 Å². The molecule has 2 nitrogen and oxygen atoms in total. The lowest BCUT2D eigenvalue weighted by Gasteiger charge is -2.09. The van der Waals surface area contributed by atoms with Gasteiger partial charge in [0.05, 0.1) is 26.4 Å². The molecule has 0 atom stereocenters. The molecule has 0 N–H and O–H groups in total. The molecule has 0 aliphatic carbocycles. The van der Waals surface area contributed by atoms with Crippen LogP contribution in [0.5, 0.6) is 0 Å². The highest BCUT2D eigenvalue weighted by Crippen LogP contribution is 1.85. The van der Waals surface area contributed by atoms with E-state index in [0.717, 1.165) is 26.4 Å². The topological polar surface area (TPSA) is 18.5 Å². The summed E-state index contributed by atoms with van der Waals surface area (Å²) in [4.78, 5) is 0. The summed E-state index contributed by atoms with van der Waals surface area (Å²) in [6.07, 6.45) is 0. The zero-order chi connectivity index (χ0) is 4.24. The summed E-state index contributed by atoms with van der Waals surface area (Å²) >= 11 is 0. The molecule has 10 heavy (non-hydrogen) atoms. The number of hydrogen-bond donors (Lipinski definition) is 0. The van der Waals surface area contributed by atoms with Gasteiger partial charge in [0, 0.05) is 0 Å². The van der Waals surface area contributed by atoms with Crippen molar-refractivity contribution in [2.24, 2.45) is 0 Å². The van der Waals surface area contributed by atoms with Gasteiger partial charge in [0.2, 0.25) is 0 Å². The lowest BCUT2D eigenvalue weighted by molar-refractivity contribution is -0.0334. The Kier molecular flexibility index (Phi) is 35.9. The van der Waals surface area contributed by atoms with Gasteiger partial charge in [-0.15, -0.1) is 0 Å². The number of hydrogen-bond acceptors (Lipinski definition) is 2. The minimum absolute atomic E-state index is 0. The Bertz CT molecular complexity index is 30.7.